The highest BCUT2D eigenvalue weighted by Gasteiger charge is 2.16. The summed E-state index contributed by atoms with van der Waals surface area (Å²) in [4.78, 5) is 10.4. The van der Waals surface area contributed by atoms with Gasteiger partial charge in [0.25, 0.3) is 0 Å². The van der Waals surface area contributed by atoms with Crippen LogP contribution in [-0.2, 0) is 0 Å². The third-order valence-corrected chi connectivity index (χ3v) is 1.59. The fraction of sp³-hybridized carbons (Fsp3) is 0.111. The first kappa shape index (κ1) is 11.0. The lowest BCUT2D eigenvalue weighted by Gasteiger charge is -2.06. The second-order valence-electron chi connectivity index (χ2n) is 2.45. The first-order chi connectivity index (χ1) is 7.10. The topological polar surface area (TPSA) is 50.1 Å². The van der Waals surface area contributed by atoms with Gasteiger partial charge in [-0.3, -0.25) is 4.79 Å². The molecule has 0 bridgehead atoms. The zero-order valence-electron chi connectivity index (χ0n) is 7.21. The maximum atomic E-state index is 13.2. The van der Waals surface area contributed by atoms with Crippen molar-refractivity contribution in [1.82, 2.24) is 0 Å². The van der Waals surface area contributed by atoms with Crippen LogP contribution in [0.25, 0.3) is 0 Å². The van der Waals surface area contributed by atoms with E-state index in [4.69, 9.17) is 5.26 Å². The van der Waals surface area contributed by atoms with Gasteiger partial charge in [-0.25, -0.2) is 4.39 Å². The van der Waals surface area contributed by atoms with Gasteiger partial charge < -0.3 is 4.74 Å². The molecule has 1 aromatic carbocycles. The van der Waals surface area contributed by atoms with Gasteiger partial charge in [0.1, 0.15) is 11.6 Å². The van der Waals surface area contributed by atoms with Crippen LogP contribution >= 0.6 is 0 Å². The summed E-state index contributed by atoms with van der Waals surface area (Å²) < 4.78 is 40.6. The van der Waals surface area contributed by atoms with E-state index in [0.29, 0.717) is 0 Å². The van der Waals surface area contributed by atoms with Crippen LogP contribution in [0.5, 0.6) is 5.75 Å². The summed E-state index contributed by atoms with van der Waals surface area (Å²) in [5, 5.41) is 8.50. The van der Waals surface area contributed by atoms with Crippen molar-refractivity contribution in [2.75, 3.05) is 0 Å². The van der Waals surface area contributed by atoms with Crippen LogP contribution < -0.4 is 4.74 Å². The van der Waals surface area contributed by atoms with Gasteiger partial charge >= 0.3 is 6.61 Å². The lowest BCUT2D eigenvalue weighted by atomic mass is 10.1. The van der Waals surface area contributed by atoms with Gasteiger partial charge in [-0.15, -0.1) is 0 Å². The number of nitriles is 1. The number of benzene rings is 1. The van der Waals surface area contributed by atoms with Gasteiger partial charge in [0, 0.05) is 5.56 Å². The van der Waals surface area contributed by atoms with Crippen LogP contribution in [-0.4, -0.2) is 12.9 Å². The number of aldehydes is 1. The van der Waals surface area contributed by atoms with Gasteiger partial charge in [0.05, 0.1) is 0 Å². The molecule has 3 nitrogen and oxygen atoms in total. The molecule has 6 heteroatoms. The van der Waals surface area contributed by atoms with Crippen molar-refractivity contribution in [3.8, 4) is 11.8 Å². The quantitative estimate of drug-likeness (QED) is 0.725. The summed E-state index contributed by atoms with van der Waals surface area (Å²) in [6.07, 6.45) is 0.258. The number of nitrogens with zero attached hydrogens (tertiary/aromatic N) is 1. The fourth-order valence-electron chi connectivity index (χ4n) is 0.971. The molecule has 0 aromatic heterocycles. The van der Waals surface area contributed by atoms with Crippen molar-refractivity contribution in [3.63, 3.8) is 0 Å². The van der Waals surface area contributed by atoms with Crippen LogP contribution in [0.3, 0.4) is 0 Å². The average Bonchev–Trinajstić information content (AvgIpc) is 2.20. The molecule has 0 fully saturated rings. The largest absolute Gasteiger partial charge is 0.432 e. The van der Waals surface area contributed by atoms with Gasteiger partial charge in [-0.05, 0) is 12.1 Å². The van der Waals surface area contributed by atoms with Crippen LogP contribution in [0.1, 0.15) is 15.9 Å². The molecule has 78 valence electrons. The molecule has 15 heavy (non-hydrogen) atoms. The third kappa shape index (κ3) is 2.26. The number of carbonyl (C=O) groups is 1. The molecular weight excluding hydrogens is 211 g/mol. The minimum absolute atomic E-state index is 0.211. The van der Waals surface area contributed by atoms with Crippen molar-refractivity contribution in [3.05, 3.63) is 29.1 Å². The minimum atomic E-state index is -3.19. The van der Waals surface area contributed by atoms with Crippen LogP contribution in [0.15, 0.2) is 12.1 Å². The Labute approximate surface area is 82.7 Å². The van der Waals surface area contributed by atoms with E-state index in [1.807, 2.05) is 0 Å². The van der Waals surface area contributed by atoms with Crippen LogP contribution in [0.2, 0.25) is 0 Å². The second kappa shape index (κ2) is 4.46. The summed E-state index contributed by atoms with van der Waals surface area (Å²) in [6, 6.07) is 3.30. The number of rotatable bonds is 3. The highest BCUT2D eigenvalue weighted by atomic mass is 19.3. The Balaban J connectivity index is 3.24. The van der Waals surface area contributed by atoms with E-state index in [0.717, 1.165) is 12.1 Å². The monoisotopic (exact) mass is 215 g/mol. The van der Waals surface area contributed by atoms with E-state index < -0.39 is 23.7 Å². The molecule has 0 spiro atoms. The van der Waals surface area contributed by atoms with Gasteiger partial charge in [0.15, 0.2) is 17.9 Å². The highest BCUT2D eigenvalue weighted by molar-refractivity contribution is 5.79. The van der Waals surface area contributed by atoms with Crippen LogP contribution in [0.4, 0.5) is 13.2 Å². The summed E-state index contributed by atoms with van der Waals surface area (Å²) in [7, 11) is 0. The molecule has 1 aromatic rings. The number of hydrogen-bond donors (Lipinski definition) is 0. The number of ether oxygens (including phenoxy) is 1. The smallest absolute Gasteiger partial charge is 0.387 e. The molecule has 0 saturated carbocycles. The van der Waals surface area contributed by atoms with E-state index in [9.17, 15) is 18.0 Å². The SMILES string of the molecule is N#Cc1c(C=O)ccc(OC(F)F)c1F. The highest BCUT2D eigenvalue weighted by Crippen LogP contribution is 2.24. The Bertz CT molecular complexity index is 426. The van der Waals surface area contributed by atoms with Crippen molar-refractivity contribution >= 4 is 6.29 Å². The van der Waals surface area contributed by atoms with E-state index in [-0.39, 0.29) is 11.8 Å². The number of hydrogen-bond acceptors (Lipinski definition) is 3. The summed E-state index contributed by atoms with van der Waals surface area (Å²) in [6.45, 7) is -3.19. The Kier molecular flexibility index (Phi) is 3.29. The third-order valence-electron chi connectivity index (χ3n) is 1.59. The summed E-state index contributed by atoms with van der Waals surface area (Å²) in [5.41, 5.74) is -0.820. The molecule has 0 atom stereocenters. The molecule has 1 rings (SSSR count). The Morgan fingerprint density at radius 3 is 2.60 bits per heavy atom. The van der Waals surface area contributed by atoms with Crippen LogP contribution in [0, 0.1) is 17.1 Å². The maximum absolute atomic E-state index is 13.2. The molecule has 0 aliphatic carbocycles. The normalized spacial score (nSPS) is 9.80. The predicted molar refractivity (Wildman–Crippen MR) is 43.1 cm³/mol. The molecular formula is C9H4F3NO2. The molecule has 0 amide bonds. The van der Waals surface area contributed by atoms with Crippen molar-refractivity contribution in [2.24, 2.45) is 0 Å². The Morgan fingerprint density at radius 1 is 1.47 bits per heavy atom. The molecule has 0 saturated heterocycles. The van der Waals surface area contributed by atoms with E-state index in [1.165, 1.54) is 6.07 Å². The molecule has 0 radical (unpaired) electrons. The molecule has 0 unspecified atom stereocenters. The average molecular weight is 215 g/mol. The van der Waals surface area contributed by atoms with Crippen molar-refractivity contribution in [2.45, 2.75) is 6.61 Å². The Hall–Kier alpha value is -2.03. The number of alkyl halides is 2. The van der Waals surface area contributed by atoms with Crippen molar-refractivity contribution < 1.29 is 22.7 Å². The number of halogens is 3. The number of carbonyl (C=O) groups excluding carboxylic acids is 1. The van der Waals surface area contributed by atoms with E-state index in [1.54, 1.807) is 0 Å². The molecule has 0 heterocycles. The summed E-state index contributed by atoms with van der Waals surface area (Å²) >= 11 is 0. The van der Waals surface area contributed by atoms with Crippen molar-refractivity contribution in [1.29, 1.82) is 5.26 Å². The first-order valence-corrected chi connectivity index (χ1v) is 3.72. The molecule has 0 N–H and O–H groups in total. The zero-order valence-corrected chi connectivity index (χ0v) is 7.21. The van der Waals surface area contributed by atoms with Gasteiger partial charge in [-0.1, -0.05) is 0 Å². The van der Waals surface area contributed by atoms with Gasteiger partial charge in [0.2, 0.25) is 0 Å². The maximum Gasteiger partial charge on any atom is 0.387 e. The fourth-order valence-corrected chi connectivity index (χ4v) is 0.971. The predicted octanol–water partition coefficient (Wildman–Crippen LogP) is 2.11. The lowest BCUT2D eigenvalue weighted by molar-refractivity contribution is -0.0522. The second-order valence-corrected chi connectivity index (χ2v) is 2.45. The molecule has 0 aliphatic heterocycles. The van der Waals surface area contributed by atoms with E-state index in [2.05, 4.69) is 4.74 Å². The zero-order chi connectivity index (χ0) is 11.4. The lowest BCUT2D eigenvalue weighted by Crippen LogP contribution is -2.05. The molecule has 0 aliphatic rings. The van der Waals surface area contributed by atoms with E-state index >= 15 is 0 Å². The first-order valence-electron chi connectivity index (χ1n) is 3.72. The summed E-state index contributed by atoms with van der Waals surface area (Å²) in [5.74, 6) is -2.02. The van der Waals surface area contributed by atoms with Gasteiger partial charge in [-0.2, -0.15) is 14.0 Å². The Morgan fingerprint density at radius 2 is 2.13 bits per heavy atom. The standard InChI is InChI=1S/C9H4F3NO2/c10-8-6(3-13)5(4-14)1-2-7(8)15-9(11)12/h1-2,4,9H. The minimum Gasteiger partial charge on any atom is -0.432 e.